The van der Waals surface area contributed by atoms with Crippen LogP contribution in [0.3, 0.4) is 0 Å². The highest BCUT2D eigenvalue weighted by Crippen LogP contribution is 2.08. The van der Waals surface area contributed by atoms with E-state index in [4.69, 9.17) is 0 Å². The molecule has 0 aromatic heterocycles. The summed E-state index contributed by atoms with van der Waals surface area (Å²) in [6.45, 7) is 5.57. The zero-order valence-corrected chi connectivity index (χ0v) is 9.70. The van der Waals surface area contributed by atoms with Crippen molar-refractivity contribution in [3.63, 3.8) is 0 Å². The van der Waals surface area contributed by atoms with Gasteiger partial charge in [0.15, 0.2) is 0 Å². The smallest absolute Gasteiger partial charge is 0.144 e. The first-order valence-electron chi connectivity index (χ1n) is 5.49. The van der Waals surface area contributed by atoms with Gasteiger partial charge in [-0.15, -0.1) is 0 Å². The van der Waals surface area contributed by atoms with Crippen molar-refractivity contribution in [1.82, 2.24) is 4.90 Å². The maximum Gasteiger partial charge on any atom is 0.144 e. The van der Waals surface area contributed by atoms with E-state index in [-0.39, 0.29) is 0 Å². The third kappa shape index (κ3) is 9.30. The molecule has 0 unspecified atom stereocenters. The number of hydrogen-bond donors (Lipinski definition) is 0. The van der Waals surface area contributed by atoms with Gasteiger partial charge in [-0.2, -0.15) is 0 Å². The molecule has 2 nitrogen and oxygen atoms in total. The molecule has 0 spiro atoms. The van der Waals surface area contributed by atoms with Crippen LogP contribution in [0.2, 0.25) is 0 Å². The number of carbonyl (C=O) groups excluding carboxylic acids is 1. The van der Waals surface area contributed by atoms with Gasteiger partial charge < -0.3 is 4.90 Å². The number of carbonyl (C=O) groups is 1. The standard InChI is InChI=1S/C12H23NO/c1-12(2)8-5-4-6-9-13(3)10-7-11-14/h7,10-12H,4-6,8-9H2,1-3H3. The second kappa shape index (κ2) is 8.79. The van der Waals surface area contributed by atoms with E-state index in [1.54, 1.807) is 0 Å². The first-order chi connectivity index (χ1) is 6.66. The first-order valence-corrected chi connectivity index (χ1v) is 5.49. The average Bonchev–Trinajstić information content (AvgIpc) is 2.13. The Labute approximate surface area is 88.0 Å². The fourth-order valence-corrected chi connectivity index (χ4v) is 1.35. The van der Waals surface area contributed by atoms with E-state index in [0.717, 1.165) is 18.7 Å². The lowest BCUT2D eigenvalue weighted by Gasteiger charge is -2.13. The molecule has 0 aromatic rings. The minimum absolute atomic E-state index is 0.815. The van der Waals surface area contributed by atoms with Gasteiger partial charge in [0, 0.05) is 19.8 Å². The molecule has 0 amide bonds. The molecule has 0 heterocycles. The van der Waals surface area contributed by atoms with Gasteiger partial charge in [0.25, 0.3) is 0 Å². The van der Waals surface area contributed by atoms with Crippen molar-refractivity contribution in [3.8, 4) is 0 Å². The van der Waals surface area contributed by atoms with Gasteiger partial charge in [-0.1, -0.05) is 33.1 Å². The molecule has 0 aliphatic rings. The normalized spacial score (nSPS) is 11.1. The topological polar surface area (TPSA) is 20.3 Å². The fourth-order valence-electron chi connectivity index (χ4n) is 1.35. The minimum Gasteiger partial charge on any atom is -0.380 e. The molecular weight excluding hydrogens is 174 g/mol. The molecule has 0 aliphatic heterocycles. The second-order valence-electron chi connectivity index (χ2n) is 4.20. The summed E-state index contributed by atoms with van der Waals surface area (Å²) in [6, 6.07) is 0. The third-order valence-corrected chi connectivity index (χ3v) is 2.21. The van der Waals surface area contributed by atoms with Crippen molar-refractivity contribution in [3.05, 3.63) is 12.3 Å². The largest absolute Gasteiger partial charge is 0.380 e. The van der Waals surface area contributed by atoms with Crippen molar-refractivity contribution >= 4 is 6.29 Å². The highest BCUT2D eigenvalue weighted by atomic mass is 16.1. The molecule has 0 fully saturated rings. The van der Waals surface area contributed by atoms with Crippen molar-refractivity contribution in [2.24, 2.45) is 5.92 Å². The third-order valence-electron chi connectivity index (χ3n) is 2.21. The lowest BCUT2D eigenvalue weighted by atomic mass is 10.1. The van der Waals surface area contributed by atoms with Gasteiger partial charge in [0.05, 0.1) is 0 Å². The van der Waals surface area contributed by atoms with Crippen LogP contribution in [0.15, 0.2) is 12.3 Å². The quantitative estimate of drug-likeness (QED) is 0.339. The number of nitrogens with zero attached hydrogens (tertiary/aromatic N) is 1. The van der Waals surface area contributed by atoms with Crippen LogP contribution in [-0.4, -0.2) is 24.8 Å². The minimum atomic E-state index is 0.815. The van der Waals surface area contributed by atoms with E-state index in [0.29, 0.717) is 0 Å². The van der Waals surface area contributed by atoms with E-state index in [2.05, 4.69) is 18.7 Å². The Balaban J connectivity index is 3.27. The summed E-state index contributed by atoms with van der Waals surface area (Å²) in [4.78, 5) is 12.1. The average molecular weight is 197 g/mol. The molecule has 0 saturated carbocycles. The molecule has 0 aromatic carbocycles. The van der Waals surface area contributed by atoms with E-state index in [9.17, 15) is 4.79 Å². The molecule has 0 bridgehead atoms. The van der Waals surface area contributed by atoms with Crippen molar-refractivity contribution in [1.29, 1.82) is 0 Å². The number of aldehydes is 1. The Kier molecular flexibility index (Phi) is 8.30. The van der Waals surface area contributed by atoms with Crippen LogP contribution in [0.25, 0.3) is 0 Å². The molecule has 0 radical (unpaired) electrons. The molecule has 0 saturated heterocycles. The van der Waals surface area contributed by atoms with E-state index >= 15 is 0 Å². The summed E-state index contributed by atoms with van der Waals surface area (Å²) < 4.78 is 0. The first kappa shape index (κ1) is 13.2. The summed E-state index contributed by atoms with van der Waals surface area (Å²) in [6.07, 6.45) is 9.33. The van der Waals surface area contributed by atoms with E-state index in [1.165, 1.54) is 31.8 Å². The van der Waals surface area contributed by atoms with Crippen LogP contribution in [-0.2, 0) is 4.79 Å². The number of allylic oxidation sites excluding steroid dienone is 1. The predicted molar refractivity (Wildman–Crippen MR) is 61.1 cm³/mol. The summed E-state index contributed by atoms with van der Waals surface area (Å²) in [7, 11) is 2.00. The molecule has 0 atom stereocenters. The molecular formula is C12H23NO. The highest BCUT2D eigenvalue weighted by Gasteiger charge is 1.95. The Morgan fingerprint density at radius 3 is 2.50 bits per heavy atom. The molecule has 0 rings (SSSR count). The molecule has 0 N–H and O–H groups in total. The van der Waals surface area contributed by atoms with Crippen LogP contribution < -0.4 is 0 Å². The van der Waals surface area contributed by atoms with Crippen LogP contribution in [0.5, 0.6) is 0 Å². The lowest BCUT2D eigenvalue weighted by molar-refractivity contribution is -0.104. The van der Waals surface area contributed by atoms with Gasteiger partial charge in [-0.25, -0.2) is 0 Å². The molecule has 14 heavy (non-hydrogen) atoms. The Morgan fingerprint density at radius 2 is 1.93 bits per heavy atom. The van der Waals surface area contributed by atoms with Crippen LogP contribution in [0, 0.1) is 5.92 Å². The summed E-state index contributed by atoms with van der Waals surface area (Å²) in [5, 5.41) is 0. The molecule has 82 valence electrons. The van der Waals surface area contributed by atoms with Gasteiger partial charge in [-0.3, -0.25) is 4.79 Å². The van der Waals surface area contributed by atoms with Crippen molar-refractivity contribution in [2.75, 3.05) is 13.6 Å². The zero-order chi connectivity index (χ0) is 10.8. The van der Waals surface area contributed by atoms with E-state index < -0.39 is 0 Å². The van der Waals surface area contributed by atoms with Crippen molar-refractivity contribution < 1.29 is 4.79 Å². The Morgan fingerprint density at radius 1 is 1.21 bits per heavy atom. The van der Waals surface area contributed by atoms with Crippen LogP contribution >= 0.6 is 0 Å². The van der Waals surface area contributed by atoms with Crippen molar-refractivity contribution in [2.45, 2.75) is 39.5 Å². The number of rotatable bonds is 8. The second-order valence-corrected chi connectivity index (χ2v) is 4.20. The Hall–Kier alpha value is -0.790. The Bertz CT molecular complexity index is 164. The molecule has 2 heteroatoms. The maximum absolute atomic E-state index is 10.0. The predicted octanol–water partition coefficient (Wildman–Crippen LogP) is 2.85. The maximum atomic E-state index is 10.0. The van der Waals surface area contributed by atoms with Gasteiger partial charge in [0.2, 0.25) is 0 Å². The monoisotopic (exact) mass is 197 g/mol. The number of hydrogen-bond acceptors (Lipinski definition) is 2. The van der Waals surface area contributed by atoms with Gasteiger partial charge in [0.1, 0.15) is 6.29 Å². The lowest BCUT2D eigenvalue weighted by Crippen LogP contribution is -2.12. The van der Waals surface area contributed by atoms with Gasteiger partial charge in [-0.05, 0) is 18.4 Å². The number of unbranched alkanes of at least 4 members (excludes halogenated alkanes) is 2. The van der Waals surface area contributed by atoms with Crippen LogP contribution in [0.4, 0.5) is 0 Å². The van der Waals surface area contributed by atoms with Crippen LogP contribution in [0.1, 0.15) is 39.5 Å². The van der Waals surface area contributed by atoms with E-state index in [1.807, 2.05) is 13.2 Å². The summed E-state index contributed by atoms with van der Waals surface area (Å²) in [5.41, 5.74) is 0. The fraction of sp³-hybridized carbons (Fsp3) is 0.750. The highest BCUT2D eigenvalue weighted by molar-refractivity contribution is 5.64. The van der Waals surface area contributed by atoms with Gasteiger partial charge >= 0.3 is 0 Å². The SMILES string of the molecule is CC(C)CCCCCN(C)C=CC=O. The summed E-state index contributed by atoms with van der Waals surface area (Å²) >= 11 is 0. The molecule has 0 aliphatic carbocycles. The zero-order valence-electron chi connectivity index (χ0n) is 9.70. The summed E-state index contributed by atoms with van der Waals surface area (Å²) in [5.74, 6) is 0.822.